The van der Waals surface area contributed by atoms with Gasteiger partial charge in [0, 0.05) is 6.04 Å². The highest BCUT2D eigenvalue weighted by Crippen LogP contribution is 2.27. The maximum Gasteiger partial charge on any atom is 0.330 e. The highest BCUT2D eigenvalue weighted by Gasteiger charge is 2.40. The second-order valence-electron chi connectivity index (χ2n) is 4.64. The van der Waals surface area contributed by atoms with E-state index in [1.54, 1.807) is 0 Å². The summed E-state index contributed by atoms with van der Waals surface area (Å²) in [5, 5.41) is 3.37. The fourth-order valence-electron chi connectivity index (χ4n) is 2.18. The zero-order valence-electron chi connectivity index (χ0n) is 11.7. The van der Waals surface area contributed by atoms with Gasteiger partial charge in [-0.1, -0.05) is 37.3 Å². The van der Waals surface area contributed by atoms with E-state index >= 15 is 0 Å². The van der Waals surface area contributed by atoms with E-state index < -0.39 is 5.54 Å². The Balaban J connectivity index is 3.18. The van der Waals surface area contributed by atoms with Crippen molar-refractivity contribution in [3.63, 3.8) is 0 Å². The molecule has 1 aromatic carbocycles. The first-order valence-electron chi connectivity index (χ1n) is 6.57. The van der Waals surface area contributed by atoms with Gasteiger partial charge >= 0.3 is 5.97 Å². The van der Waals surface area contributed by atoms with E-state index in [9.17, 15) is 4.79 Å². The average molecular weight is 249 g/mol. The molecule has 0 aliphatic heterocycles. The van der Waals surface area contributed by atoms with Crippen LogP contribution in [0.2, 0.25) is 0 Å². The lowest BCUT2D eigenvalue weighted by Crippen LogP contribution is -2.52. The van der Waals surface area contributed by atoms with Crippen LogP contribution in [-0.2, 0) is 15.1 Å². The van der Waals surface area contributed by atoms with Crippen molar-refractivity contribution in [1.29, 1.82) is 0 Å². The highest BCUT2D eigenvalue weighted by molar-refractivity contribution is 5.82. The summed E-state index contributed by atoms with van der Waals surface area (Å²) in [4.78, 5) is 12.3. The van der Waals surface area contributed by atoms with Gasteiger partial charge in [-0.25, -0.2) is 4.79 Å². The lowest BCUT2D eigenvalue weighted by atomic mass is 9.86. The van der Waals surface area contributed by atoms with E-state index in [0.717, 1.165) is 5.56 Å². The number of benzene rings is 1. The van der Waals surface area contributed by atoms with Crippen molar-refractivity contribution in [3.8, 4) is 0 Å². The van der Waals surface area contributed by atoms with Crippen LogP contribution in [0.15, 0.2) is 30.3 Å². The van der Waals surface area contributed by atoms with Crippen LogP contribution in [-0.4, -0.2) is 18.6 Å². The third kappa shape index (κ3) is 3.10. The summed E-state index contributed by atoms with van der Waals surface area (Å²) < 4.78 is 5.25. The molecule has 3 heteroatoms. The molecule has 0 spiro atoms. The van der Waals surface area contributed by atoms with Gasteiger partial charge in [-0.15, -0.1) is 0 Å². The van der Waals surface area contributed by atoms with Crippen LogP contribution < -0.4 is 5.32 Å². The first-order valence-corrected chi connectivity index (χ1v) is 6.57. The molecule has 0 aliphatic rings. The van der Waals surface area contributed by atoms with Crippen LogP contribution in [0, 0.1) is 0 Å². The molecule has 1 rings (SSSR count). The number of carbonyl (C=O) groups excluding carboxylic acids is 1. The standard InChI is InChI=1S/C15H23NO2/c1-5-15(16-12(3)4,14(17)18-6-2)13-10-8-7-9-11-13/h7-12,16H,5-6H2,1-4H3. The van der Waals surface area contributed by atoms with Crippen molar-refractivity contribution in [3.05, 3.63) is 35.9 Å². The van der Waals surface area contributed by atoms with E-state index in [0.29, 0.717) is 13.0 Å². The number of hydrogen-bond donors (Lipinski definition) is 1. The topological polar surface area (TPSA) is 38.3 Å². The fraction of sp³-hybridized carbons (Fsp3) is 0.533. The average Bonchev–Trinajstić information content (AvgIpc) is 2.37. The molecule has 0 aliphatic carbocycles. The fourth-order valence-corrected chi connectivity index (χ4v) is 2.18. The van der Waals surface area contributed by atoms with Crippen molar-refractivity contribution in [1.82, 2.24) is 5.32 Å². The maximum absolute atomic E-state index is 12.3. The van der Waals surface area contributed by atoms with E-state index in [-0.39, 0.29) is 12.0 Å². The van der Waals surface area contributed by atoms with Crippen molar-refractivity contribution < 1.29 is 9.53 Å². The Bertz CT molecular complexity index is 375. The second-order valence-corrected chi connectivity index (χ2v) is 4.64. The van der Waals surface area contributed by atoms with Gasteiger partial charge in [0.15, 0.2) is 0 Å². The van der Waals surface area contributed by atoms with Crippen LogP contribution in [0.25, 0.3) is 0 Å². The molecular formula is C15H23NO2. The first kappa shape index (κ1) is 14.7. The molecule has 18 heavy (non-hydrogen) atoms. The summed E-state index contributed by atoms with van der Waals surface area (Å²) in [6, 6.07) is 9.98. The molecule has 0 amide bonds. The molecule has 1 unspecified atom stereocenters. The molecule has 1 N–H and O–H groups in total. The molecule has 1 aromatic rings. The summed E-state index contributed by atoms with van der Waals surface area (Å²) in [5.41, 5.74) is 0.213. The number of rotatable bonds is 6. The molecule has 0 radical (unpaired) electrons. The lowest BCUT2D eigenvalue weighted by Gasteiger charge is -2.34. The van der Waals surface area contributed by atoms with Gasteiger partial charge in [-0.05, 0) is 32.8 Å². The molecule has 0 heterocycles. The van der Waals surface area contributed by atoms with Crippen LogP contribution >= 0.6 is 0 Å². The summed E-state index contributed by atoms with van der Waals surface area (Å²) in [6.45, 7) is 8.30. The van der Waals surface area contributed by atoms with Gasteiger partial charge < -0.3 is 4.74 Å². The van der Waals surface area contributed by atoms with Crippen molar-refractivity contribution in [2.24, 2.45) is 0 Å². The highest BCUT2D eigenvalue weighted by atomic mass is 16.5. The van der Waals surface area contributed by atoms with Crippen molar-refractivity contribution in [2.45, 2.75) is 45.7 Å². The van der Waals surface area contributed by atoms with E-state index in [4.69, 9.17) is 4.74 Å². The van der Waals surface area contributed by atoms with Crippen LogP contribution in [0.3, 0.4) is 0 Å². The number of esters is 1. The largest absolute Gasteiger partial charge is 0.464 e. The summed E-state index contributed by atoms with van der Waals surface area (Å²) in [5.74, 6) is -0.201. The van der Waals surface area contributed by atoms with Gasteiger partial charge in [0.2, 0.25) is 0 Å². The quantitative estimate of drug-likeness (QED) is 0.788. The summed E-state index contributed by atoms with van der Waals surface area (Å²) >= 11 is 0. The summed E-state index contributed by atoms with van der Waals surface area (Å²) in [7, 11) is 0. The minimum atomic E-state index is -0.745. The molecule has 0 aromatic heterocycles. The zero-order chi connectivity index (χ0) is 13.6. The van der Waals surface area contributed by atoms with Crippen molar-refractivity contribution in [2.75, 3.05) is 6.61 Å². The second kappa shape index (κ2) is 6.55. The predicted molar refractivity (Wildman–Crippen MR) is 73.3 cm³/mol. The van der Waals surface area contributed by atoms with E-state index in [2.05, 4.69) is 5.32 Å². The van der Waals surface area contributed by atoms with Gasteiger partial charge in [0.1, 0.15) is 5.54 Å². The smallest absolute Gasteiger partial charge is 0.330 e. The van der Waals surface area contributed by atoms with Crippen LogP contribution in [0.5, 0.6) is 0 Å². The Labute approximate surface area is 110 Å². The molecule has 0 fully saturated rings. The number of hydrogen-bond acceptors (Lipinski definition) is 3. The first-order chi connectivity index (χ1) is 8.56. The van der Waals surface area contributed by atoms with E-state index in [1.807, 2.05) is 58.0 Å². The third-order valence-electron chi connectivity index (χ3n) is 2.96. The molecular weight excluding hydrogens is 226 g/mol. The monoisotopic (exact) mass is 249 g/mol. The van der Waals surface area contributed by atoms with Gasteiger partial charge in [-0.2, -0.15) is 0 Å². The molecule has 0 bridgehead atoms. The molecule has 0 saturated heterocycles. The third-order valence-corrected chi connectivity index (χ3v) is 2.96. The normalized spacial score (nSPS) is 14.3. The minimum absolute atomic E-state index is 0.201. The van der Waals surface area contributed by atoms with Crippen molar-refractivity contribution >= 4 is 5.97 Å². The zero-order valence-corrected chi connectivity index (χ0v) is 11.7. The molecule has 100 valence electrons. The maximum atomic E-state index is 12.3. The van der Waals surface area contributed by atoms with Gasteiger partial charge in [0.05, 0.1) is 6.61 Å². The summed E-state index contributed by atoms with van der Waals surface area (Å²) in [6.07, 6.45) is 0.661. The number of ether oxygens (including phenoxy) is 1. The Morgan fingerprint density at radius 2 is 1.89 bits per heavy atom. The lowest BCUT2D eigenvalue weighted by molar-refractivity contribution is -0.152. The van der Waals surface area contributed by atoms with Crippen LogP contribution in [0.4, 0.5) is 0 Å². The van der Waals surface area contributed by atoms with Gasteiger partial charge in [-0.3, -0.25) is 5.32 Å². The molecule has 3 nitrogen and oxygen atoms in total. The Hall–Kier alpha value is -1.35. The number of nitrogens with one attached hydrogen (secondary N) is 1. The Kier molecular flexibility index (Phi) is 5.35. The minimum Gasteiger partial charge on any atom is -0.464 e. The van der Waals surface area contributed by atoms with E-state index in [1.165, 1.54) is 0 Å². The number of carbonyl (C=O) groups is 1. The Morgan fingerprint density at radius 1 is 1.28 bits per heavy atom. The molecule has 1 atom stereocenters. The predicted octanol–water partition coefficient (Wildman–Crippen LogP) is 2.85. The SMILES string of the molecule is CCOC(=O)C(CC)(NC(C)C)c1ccccc1. The van der Waals surface area contributed by atoms with Gasteiger partial charge in [0.25, 0.3) is 0 Å². The van der Waals surface area contributed by atoms with Crippen LogP contribution in [0.1, 0.15) is 39.7 Å². The molecule has 0 saturated carbocycles. The Morgan fingerprint density at radius 3 is 2.33 bits per heavy atom.